The Labute approximate surface area is 96.5 Å². The maximum Gasteiger partial charge on any atom is 0.138 e. The van der Waals surface area contributed by atoms with Crippen LogP contribution in [0.3, 0.4) is 0 Å². The van der Waals surface area contributed by atoms with Gasteiger partial charge in [-0.2, -0.15) is 5.10 Å². The van der Waals surface area contributed by atoms with Crippen LogP contribution in [-0.2, 0) is 11.2 Å². The molecule has 5 nitrogen and oxygen atoms in total. The number of hydrogen-bond donors (Lipinski definition) is 1. The molecule has 0 aliphatic rings. The number of hydrogen-bond acceptors (Lipinski definition) is 4. The Balaban J connectivity index is 2.43. The zero-order valence-corrected chi connectivity index (χ0v) is 10.3. The number of aliphatic hydroxyl groups excluding tert-OH is 1. The second-order valence-corrected chi connectivity index (χ2v) is 4.15. The fraction of sp³-hybridized carbons (Fsp3) is 0.818. The molecule has 16 heavy (non-hydrogen) atoms. The van der Waals surface area contributed by atoms with E-state index in [0.717, 1.165) is 12.2 Å². The first-order chi connectivity index (χ1) is 7.65. The average Bonchev–Trinajstić information content (AvgIpc) is 2.66. The lowest BCUT2D eigenvalue weighted by atomic mass is 10.2. The molecular formula is C11H21N3O2. The average molecular weight is 227 g/mol. The zero-order valence-electron chi connectivity index (χ0n) is 10.3. The minimum absolute atomic E-state index is 0.265. The minimum Gasteiger partial charge on any atom is -0.390 e. The van der Waals surface area contributed by atoms with Crippen LogP contribution < -0.4 is 0 Å². The Kier molecular flexibility index (Phi) is 5.42. The van der Waals surface area contributed by atoms with Gasteiger partial charge in [0, 0.05) is 19.1 Å². The van der Waals surface area contributed by atoms with Crippen LogP contribution in [-0.4, -0.2) is 39.2 Å². The SMILES string of the molecule is CCCOCC(O)Cc1ncnn1C(C)C. The van der Waals surface area contributed by atoms with Crippen molar-refractivity contribution < 1.29 is 9.84 Å². The van der Waals surface area contributed by atoms with Crippen molar-refractivity contribution in [2.75, 3.05) is 13.2 Å². The monoisotopic (exact) mass is 227 g/mol. The van der Waals surface area contributed by atoms with E-state index in [1.807, 2.05) is 25.5 Å². The van der Waals surface area contributed by atoms with Gasteiger partial charge in [0.25, 0.3) is 0 Å². The highest BCUT2D eigenvalue weighted by Crippen LogP contribution is 2.07. The summed E-state index contributed by atoms with van der Waals surface area (Å²) in [6.45, 7) is 7.17. The van der Waals surface area contributed by atoms with Gasteiger partial charge in [0.2, 0.25) is 0 Å². The van der Waals surface area contributed by atoms with Crippen LogP contribution in [0, 0.1) is 0 Å². The Morgan fingerprint density at radius 1 is 1.50 bits per heavy atom. The lowest BCUT2D eigenvalue weighted by molar-refractivity contribution is 0.0358. The Hall–Kier alpha value is -0.940. The van der Waals surface area contributed by atoms with E-state index in [2.05, 4.69) is 10.1 Å². The Bertz CT molecular complexity index is 299. The number of ether oxygens (including phenoxy) is 1. The maximum absolute atomic E-state index is 9.75. The highest BCUT2D eigenvalue weighted by molar-refractivity contribution is 4.89. The smallest absolute Gasteiger partial charge is 0.138 e. The van der Waals surface area contributed by atoms with Crippen molar-refractivity contribution >= 4 is 0 Å². The molecule has 0 amide bonds. The van der Waals surface area contributed by atoms with Crippen molar-refractivity contribution in [2.24, 2.45) is 0 Å². The molecule has 0 bridgehead atoms. The van der Waals surface area contributed by atoms with Crippen molar-refractivity contribution in [3.8, 4) is 0 Å². The van der Waals surface area contributed by atoms with Gasteiger partial charge in [-0.15, -0.1) is 0 Å². The normalized spacial score (nSPS) is 13.3. The summed E-state index contributed by atoms with van der Waals surface area (Å²) in [6.07, 6.45) is 2.47. The van der Waals surface area contributed by atoms with E-state index < -0.39 is 6.10 Å². The molecular weight excluding hydrogens is 206 g/mol. The third kappa shape index (κ3) is 3.90. The fourth-order valence-electron chi connectivity index (χ4n) is 1.48. The molecule has 1 rings (SSSR count). The standard InChI is InChI=1S/C11H21N3O2/c1-4-5-16-7-10(15)6-11-12-8-13-14(11)9(2)3/h8-10,15H,4-7H2,1-3H3. The second-order valence-electron chi connectivity index (χ2n) is 4.15. The second kappa shape index (κ2) is 6.60. The van der Waals surface area contributed by atoms with Gasteiger partial charge in [-0.3, -0.25) is 0 Å². The number of rotatable bonds is 7. The summed E-state index contributed by atoms with van der Waals surface area (Å²) in [5, 5.41) is 13.9. The summed E-state index contributed by atoms with van der Waals surface area (Å²) in [5.74, 6) is 0.808. The summed E-state index contributed by atoms with van der Waals surface area (Å²) >= 11 is 0. The van der Waals surface area contributed by atoms with Crippen molar-refractivity contribution in [3.63, 3.8) is 0 Å². The van der Waals surface area contributed by atoms with Crippen LogP contribution in [0.5, 0.6) is 0 Å². The van der Waals surface area contributed by atoms with Crippen LogP contribution in [0.15, 0.2) is 6.33 Å². The third-order valence-electron chi connectivity index (χ3n) is 2.21. The molecule has 0 saturated heterocycles. The molecule has 0 aliphatic carbocycles. The molecule has 5 heteroatoms. The predicted octanol–water partition coefficient (Wildman–Crippen LogP) is 1.19. The number of nitrogens with zero attached hydrogens (tertiary/aromatic N) is 3. The summed E-state index contributed by atoms with van der Waals surface area (Å²) in [6, 6.07) is 0.265. The molecule has 0 radical (unpaired) electrons. The van der Waals surface area contributed by atoms with Gasteiger partial charge in [0.1, 0.15) is 12.2 Å². The van der Waals surface area contributed by atoms with E-state index >= 15 is 0 Å². The van der Waals surface area contributed by atoms with Gasteiger partial charge < -0.3 is 9.84 Å². The first-order valence-corrected chi connectivity index (χ1v) is 5.79. The molecule has 92 valence electrons. The predicted molar refractivity (Wildman–Crippen MR) is 61.2 cm³/mol. The topological polar surface area (TPSA) is 60.2 Å². The Morgan fingerprint density at radius 3 is 2.88 bits per heavy atom. The minimum atomic E-state index is -0.506. The maximum atomic E-state index is 9.75. The third-order valence-corrected chi connectivity index (χ3v) is 2.21. The molecule has 1 heterocycles. The van der Waals surface area contributed by atoms with Gasteiger partial charge in [-0.05, 0) is 20.3 Å². The number of aliphatic hydroxyl groups is 1. The molecule has 1 unspecified atom stereocenters. The summed E-state index contributed by atoms with van der Waals surface area (Å²) in [5.41, 5.74) is 0. The molecule has 0 spiro atoms. The van der Waals surface area contributed by atoms with Crippen LogP contribution in [0.4, 0.5) is 0 Å². The van der Waals surface area contributed by atoms with Crippen LogP contribution in [0.1, 0.15) is 39.1 Å². The van der Waals surface area contributed by atoms with E-state index in [-0.39, 0.29) is 6.04 Å². The van der Waals surface area contributed by atoms with E-state index in [1.54, 1.807) is 0 Å². The highest BCUT2D eigenvalue weighted by Gasteiger charge is 2.12. The van der Waals surface area contributed by atoms with Crippen LogP contribution in [0.25, 0.3) is 0 Å². The summed E-state index contributed by atoms with van der Waals surface area (Å²) < 4.78 is 7.11. The van der Waals surface area contributed by atoms with Crippen molar-refractivity contribution in [3.05, 3.63) is 12.2 Å². The van der Waals surface area contributed by atoms with Crippen LogP contribution >= 0.6 is 0 Å². The first kappa shape index (κ1) is 13.1. The van der Waals surface area contributed by atoms with Gasteiger partial charge in [0.15, 0.2) is 0 Å². The highest BCUT2D eigenvalue weighted by atomic mass is 16.5. The van der Waals surface area contributed by atoms with Gasteiger partial charge in [0.05, 0.1) is 12.7 Å². The molecule has 0 aromatic carbocycles. The summed E-state index contributed by atoms with van der Waals surface area (Å²) in [4.78, 5) is 4.14. The number of aromatic nitrogens is 3. The lowest BCUT2D eigenvalue weighted by Gasteiger charge is -2.13. The quantitative estimate of drug-likeness (QED) is 0.711. The molecule has 1 N–H and O–H groups in total. The van der Waals surface area contributed by atoms with E-state index in [1.165, 1.54) is 6.33 Å². The Morgan fingerprint density at radius 2 is 2.25 bits per heavy atom. The van der Waals surface area contributed by atoms with Gasteiger partial charge in [-0.25, -0.2) is 9.67 Å². The first-order valence-electron chi connectivity index (χ1n) is 5.79. The molecule has 0 saturated carbocycles. The van der Waals surface area contributed by atoms with E-state index in [9.17, 15) is 5.11 Å². The van der Waals surface area contributed by atoms with Gasteiger partial charge in [-0.1, -0.05) is 6.92 Å². The summed E-state index contributed by atoms with van der Waals surface area (Å²) in [7, 11) is 0. The molecule has 0 fully saturated rings. The molecule has 1 aromatic rings. The van der Waals surface area contributed by atoms with Crippen LogP contribution in [0.2, 0.25) is 0 Å². The van der Waals surface area contributed by atoms with E-state index in [4.69, 9.17) is 4.74 Å². The molecule has 1 aromatic heterocycles. The zero-order chi connectivity index (χ0) is 12.0. The largest absolute Gasteiger partial charge is 0.390 e. The van der Waals surface area contributed by atoms with Crippen molar-refractivity contribution in [1.82, 2.24) is 14.8 Å². The van der Waals surface area contributed by atoms with Crippen molar-refractivity contribution in [2.45, 2.75) is 45.8 Å². The fourth-order valence-corrected chi connectivity index (χ4v) is 1.48. The van der Waals surface area contributed by atoms with Gasteiger partial charge >= 0.3 is 0 Å². The molecule has 1 atom stereocenters. The lowest BCUT2D eigenvalue weighted by Crippen LogP contribution is -2.21. The van der Waals surface area contributed by atoms with Crippen molar-refractivity contribution in [1.29, 1.82) is 0 Å². The van der Waals surface area contributed by atoms with E-state index in [0.29, 0.717) is 19.6 Å². The molecule has 0 aliphatic heterocycles.